The molecule has 0 bridgehead atoms. The maximum atomic E-state index is 5.19. The van der Waals surface area contributed by atoms with E-state index in [0.717, 1.165) is 44.5 Å². The first-order valence-electron chi connectivity index (χ1n) is 20.8. The zero-order valence-corrected chi connectivity index (χ0v) is 34.3. The van der Waals surface area contributed by atoms with Crippen LogP contribution in [0.15, 0.2) is 218 Å². The maximum Gasteiger partial charge on any atom is 0.164 e. The Morgan fingerprint density at radius 2 is 0.823 bits per heavy atom. The van der Waals surface area contributed by atoms with Crippen LogP contribution >= 0.6 is 11.3 Å². The smallest absolute Gasteiger partial charge is 0.164 e. The summed E-state index contributed by atoms with van der Waals surface area (Å²) in [5.41, 5.74) is 13.2. The summed E-state index contributed by atoms with van der Waals surface area (Å²) in [5, 5.41) is 4.97. The first-order valence-corrected chi connectivity index (χ1v) is 21.7. The predicted molar refractivity (Wildman–Crippen MR) is 260 cm³/mol. The van der Waals surface area contributed by atoms with Gasteiger partial charge in [0, 0.05) is 53.3 Å². The third kappa shape index (κ3) is 6.26. The standard InChI is InChI=1S/C57H36N4S/c1-3-14-37(15-4-1)41-18-11-19-42(34-41)38-28-30-40(31-29-38)56-58-55(39-16-5-2-6-17-39)59-57(60-56)44-32-33-48-47-22-7-9-25-50(47)61(51(48)36-44)45-21-12-20-43(35-45)46-24-13-27-53-54(46)49-23-8-10-26-52(49)62-53/h1-36H. The van der Waals surface area contributed by atoms with Gasteiger partial charge in [-0.2, -0.15) is 0 Å². The van der Waals surface area contributed by atoms with Gasteiger partial charge < -0.3 is 4.57 Å². The highest BCUT2D eigenvalue weighted by Crippen LogP contribution is 2.41. The molecule has 9 aromatic carbocycles. The Morgan fingerprint density at radius 3 is 1.60 bits per heavy atom. The van der Waals surface area contributed by atoms with E-state index in [0.29, 0.717) is 17.5 Å². The van der Waals surface area contributed by atoms with E-state index in [1.54, 1.807) is 0 Å². The number of fused-ring (bicyclic) bond motifs is 6. The van der Waals surface area contributed by atoms with E-state index in [2.05, 4.69) is 205 Å². The van der Waals surface area contributed by atoms with E-state index in [9.17, 15) is 0 Å². The molecule has 0 atom stereocenters. The van der Waals surface area contributed by atoms with Gasteiger partial charge >= 0.3 is 0 Å². The summed E-state index contributed by atoms with van der Waals surface area (Å²) >= 11 is 1.85. The number of aromatic nitrogens is 4. The Kier molecular flexibility index (Phi) is 8.65. The van der Waals surface area contributed by atoms with Gasteiger partial charge in [0.2, 0.25) is 0 Å². The number of thiophene rings is 1. The van der Waals surface area contributed by atoms with Crippen molar-refractivity contribution < 1.29 is 0 Å². The van der Waals surface area contributed by atoms with Crippen molar-refractivity contribution in [2.75, 3.05) is 0 Å². The SMILES string of the molecule is c1ccc(-c2cccc(-c3ccc(-c4nc(-c5ccccc5)nc(-c5ccc6c7ccccc7n(-c7cccc(-c8cccc9sc%10ccccc%10c89)c7)c6c5)n4)cc3)c2)cc1. The summed E-state index contributed by atoms with van der Waals surface area (Å²) in [6.07, 6.45) is 0. The number of benzene rings is 9. The Balaban J connectivity index is 0.981. The van der Waals surface area contributed by atoms with Gasteiger partial charge in [-0.05, 0) is 75.8 Å². The van der Waals surface area contributed by atoms with Crippen LogP contribution in [0.4, 0.5) is 0 Å². The molecule has 5 heteroatoms. The molecule has 0 spiro atoms. The third-order valence-electron chi connectivity index (χ3n) is 11.9. The van der Waals surface area contributed by atoms with Crippen LogP contribution in [0.1, 0.15) is 0 Å². The molecule has 0 aliphatic carbocycles. The number of para-hydroxylation sites is 1. The summed E-state index contributed by atoms with van der Waals surface area (Å²) in [5.74, 6) is 1.88. The number of hydrogen-bond acceptors (Lipinski definition) is 4. The highest BCUT2D eigenvalue weighted by Gasteiger charge is 2.18. The molecule has 0 saturated carbocycles. The molecular weight excluding hydrogens is 773 g/mol. The van der Waals surface area contributed by atoms with Gasteiger partial charge in [-0.15, -0.1) is 11.3 Å². The van der Waals surface area contributed by atoms with Crippen molar-refractivity contribution in [3.8, 4) is 73.2 Å². The molecule has 12 rings (SSSR count). The molecule has 3 heterocycles. The number of nitrogens with zero attached hydrogens (tertiary/aromatic N) is 4. The number of hydrogen-bond donors (Lipinski definition) is 0. The zero-order chi connectivity index (χ0) is 41.0. The summed E-state index contributed by atoms with van der Waals surface area (Å²) in [4.78, 5) is 15.4. The first kappa shape index (κ1) is 35.9. The minimum Gasteiger partial charge on any atom is -0.309 e. The molecule has 0 fully saturated rings. The molecule has 0 unspecified atom stereocenters. The van der Waals surface area contributed by atoms with Crippen molar-refractivity contribution in [2.45, 2.75) is 0 Å². The molecule has 0 saturated heterocycles. The van der Waals surface area contributed by atoms with E-state index < -0.39 is 0 Å². The summed E-state index contributed by atoms with van der Waals surface area (Å²) in [6, 6.07) is 77.5. The van der Waals surface area contributed by atoms with Crippen LogP contribution < -0.4 is 0 Å². The zero-order valence-electron chi connectivity index (χ0n) is 33.5. The van der Waals surface area contributed by atoms with Crippen LogP contribution in [0.5, 0.6) is 0 Å². The average molecular weight is 809 g/mol. The van der Waals surface area contributed by atoms with E-state index in [-0.39, 0.29) is 0 Å². The fraction of sp³-hybridized carbons (Fsp3) is 0. The second-order valence-corrected chi connectivity index (χ2v) is 16.7. The Hall–Kier alpha value is -7.99. The topological polar surface area (TPSA) is 43.6 Å². The Labute approximate surface area is 362 Å². The Bertz CT molecular complexity index is 3630. The van der Waals surface area contributed by atoms with Crippen LogP contribution in [0.2, 0.25) is 0 Å². The molecule has 4 nitrogen and oxygen atoms in total. The van der Waals surface area contributed by atoms with Crippen molar-refractivity contribution >= 4 is 53.3 Å². The molecular formula is C57H36N4S. The third-order valence-corrected chi connectivity index (χ3v) is 13.0. The fourth-order valence-electron chi connectivity index (χ4n) is 8.89. The molecule has 0 amide bonds. The highest BCUT2D eigenvalue weighted by molar-refractivity contribution is 7.25. The molecule has 62 heavy (non-hydrogen) atoms. The van der Waals surface area contributed by atoms with Crippen LogP contribution in [0.3, 0.4) is 0 Å². The average Bonchev–Trinajstić information content (AvgIpc) is 3.90. The monoisotopic (exact) mass is 808 g/mol. The van der Waals surface area contributed by atoms with Crippen molar-refractivity contribution in [3.63, 3.8) is 0 Å². The van der Waals surface area contributed by atoms with Gasteiger partial charge in [-0.25, -0.2) is 15.0 Å². The van der Waals surface area contributed by atoms with Gasteiger partial charge in [-0.3, -0.25) is 0 Å². The minimum atomic E-state index is 0.622. The molecule has 0 N–H and O–H groups in total. The summed E-state index contributed by atoms with van der Waals surface area (Å²) in [6.45, 7) is 0. The molecule has 0 radical (unpaired) electrons. The lowest BCUT2D eigenvalue weighted by molar-refractivity contribution is 1.07. The van der Waals surface area contributed by atoms with Crippen LogP contribution in [0, 0.1) is 0 Å². The molecule has 0 aliphatic heterocycles. The molecule has 0 aliphatic rings. The lowest BCUT2D eigenvalue weighted by atomic mass is 9.98. The van der Waals surface area contributed by atoms with Crippen LogP contribution in [-0.4, -0.2) is 19.5 Å². The second kappa shape index (κ2) is 14.9. The van der Waals surface area contributed by atoms with Crippen molar-refractivity contribution in [2.24, 2.45) is 0 Å². The minimum absolute atomic E-state index is 0.622. The molecule has 12 aromatic rings. The largest absolute Gasteiger partial charge is 0.309 e. The second-order valence-electron chi connectivity index (χ2n) is 15.6. The lowest BCUT2D eigenvalue weighted by Gasteiger charge is -2.12. The van der Waals surface area contributed by atoms with Gasteiger partial charge in [0.25, 0.3) is 0 Å². The van der Waals surface area contributed by atoms with E-state index >= 15 is 0 Å². The Morgan fingerprint density at radius 1 is 0.306 bits per heavy atom. The van der Waals surface area contributed by atoms with Gasteiger partial charge in [0.1, 0.15) is 0 Å². The predicted octanol–water partition coefficient (Wildman–Crippen LogP) is 15.3. The number of rotatable bonds is 7. The van der Waals surface area contributed by atoms with Gasteiger partial charge in [0.15, 0.2) is 17.5 Å². The summed E-state index contributed by atoms with van der Waals surface area (Å²) < 4.78 is 4.99. The quantitative estimate of drug-likeness (QED) is 0.161. The lowest BCUT2D eigenvalue weighted by Crippen LogP contribution is -2.00. The van der Waals surface area contributed by atoms with Crippen LogP contribution in [0.25, 0.3) is 115 Å². The van der Waals surface area contributed by atoms with Crippen molar-refractivity contribution in [3.05, 3.63) is 218 Å². The molecule has 290 valence electrons. The fourth-order valence-corrected chi connectivity index (χ4v) is 10.0. The van der Waals surface area contributed by atoms with Crippen LogP contribution in [-0.2, 0) is 0 Å². The normalized spacial score (nSPS) is 11.5. The summed E-state index contributed by atoms with van der Waals surface area (Å²) in [7, 11) is 0. The maximum absolute atomic E-state index is 5.19. The van der Waals surface area contributed by atoms with E-state index in [1.807, 2.05) is 29.5 Å². The van der Waals surface area contributed by atoms with E-state index in [1.165, 1.54) is 53.2 Å². The van der Waals surface area contributed by atoms with E-state index in [4.69, 9.17) is 15.0 Å². The van der Waals surface area contributed by atoms with Crippen molar-refractivity contribution in [1.82, 2.24) is 19.5 Å². The van der Waals surface area contributed by atoms with Crippen molar-refractivity contribution in [1.29, 1.82) is 0 Å². The molecule has 3 aromatic heterocycles. The van der Waals surface area contributed by atoms with Gasteiger partial charge in [0.05, 0.1) is 11.0 Å². The highest BCUT2D eigenvalue weighted by atomic mass is 32.1. The first-order chi connectivity index (χ1) is 30.7. The van der Waals surface area contributed by atoms with Gasteiger partial charge in [-0.1, -0.05) is 176 Å².